The molecule has 1 aliphatic carbocycles. The van der Waals surface area contributed by atoms with E-state index in [4.69, 9.17) is 10.5 Å². The molecule has 1 saturated carbocycles. The predicted octanol–water partition coefficient (Wildman–Crippen LogP) is 1.84. The molecule has 2 fully saturated rings. The van der Waals surface area contributed by atoms with E-state index in [-0.39, 0.29) is 16.3 Å². The smallest absolute Gasteiger partial charge is 0.243 e. The first-order valence-corrected chi connectivity index (χ1v) is 8.50. The first kappa shape index (κ1) is 14.6. The molecule has 2 aliphatic rings. The summed E-state index contributed by atoms with van der Waals surface area (Å²) in [6.45, 7) is 1.06. The van der Waals surface area contributed by atoms with Crippen LogP contribution in [-0.2, 0) is 10.0 Å². The van der Waals surface area contributed by atoms with Crippen molar-refractivity contribution in [2.45, 2.75) is 24.2 Å². The van der Waals surface area contributed by atoms with Gasteiger partial charge in [-0.3, -0.25) is 0 Å². The van der Waals surface area contributed by atoms with Crippen LogP contribution in [0.25, 0.3) is 0 Å². The number of nitrogen functional groups attached to an aromatic ring is 1. The van der Waals surface area contributed by atoms with Gasteiger partial charge in [-0.15, -0.1) is 0 Å². The van der Waals surface area contributed by atoms with Gasteiger partial charge in [-0.05, 0) is 36.8 Å². The van der Waals surface area contributed by atoms with Crippen molar-refractivity contribution in [3.05, 3.63) is 17.9 Å². The Hall–Kier alpha value is -1.34. The standard InChI is InChI=1S/C14H19FN2O3S/c1-20-14-12(15)5-11(6-13(14)16)21(18,19)17-7-9-3-2-4-10(9)8-17/h5-6,9-10H,2-4,7-8,16H2,1H3. The normalized spacial score (nSPS) is 26.0. The summed E-state index contributed by atoms with van der Waals surface area (Å²) in [5.74, 6) is 0.0168. The van der Waals surface area contributed by atoms with E-state index in [1.54, 1.807) is 0 Å². The van der Waals surface area contributed by atoms with Gasteiger partial charge in [0.1, 0.15) is 0 Å². The number of anilines is 1. The lowest BCUT2D eigenvalue weighted by Crippen LogP contribution is -2.29. The topological polar surface area (TPSA) is 72.6 Å². The molecule has 116 valence electrons. The van der Waals surface area contributed by atoms with E-state index in [1.807, 2.05) is 0 Å². The number of rotatable bonds is 3. The Morgan fingerprint density at radius 1 is 1.29 bits per heavy atom. The Morgan fingerprint density at radius 2 is 1.90 bits per heavy atom. The number of methoxy groups -OCH3 is 1. The highest BCUT2D eigenvalue weighted by atomic mass is 32.2. The van der Waals surface area contributed by atoms with Gasteiger partial charge >= 0.3 is 0 Å². The second kappa shape index (κ2) is 5.14. The lowest BCUT2D eigenvalue weighted by Gasteiger charge is -2.18. The number of fused-ring (bicyclic) bond motifs is 1. The van der Waals surface area contributed by atoms with Crippen LogP contribution in [-0.4, -0.2) is 32.9 Å². The Kier molecular flexibility index (Phi) is 3.57. The molecule has 2 N–H and O–H groups in total. The molecular weight excluding hydrogens is 295 g/mol. The highest BCUT2D eigenvalue weighted by molar-refractivity contribution is 7.89. The SMILES string of the molecule is COc1c(N)cc(S(=O)(=O)N2CC3CCCC3C2)cc1F. The third-order valence-corrected chi connectivity index (χ3v) is 6.39. The maximum absolute atomic E-state index is 13.9. The fourth-order valence-corrected chi connectivity index (χ4v) is 5.09. The summed E-state index contributed by atoms with van der Waals surface area (Å²) in [5, 5.41) is 0. The minimum Gasteiger partial charge on any atom is -0.492 e. The van der Waals surface area contributed by atoms with Gasteiger partial charge in [0.25, 0.3) is 0 Å². The van der Waals surface area contributed by atoms with Gasteiger partial charge in [-0.1, -0.05) is 6.42 Å². The van der Waals surface area contributed by atoms with Crippen LogP contribution < -0.4 is 10.5 Å². The molecule has 0 amide bonds. The lowest BCUT2D eigenvalue weighted by molar-refractivity contribution is 0.387. The molecule has 1 aromatic rings. The van der Waals surface area contributed by atoms with Gasteiger partial charge in [-0.25, -0.2) is 12.8 Å². The third-order valence-electron chi connectivity index (χ3n) is 4.58. The Morgan fingerprint density at radius 3 is 2.43 bits per heavy atom. The van der Waals surface area contributed by atoms with E-state index < -0.39 is 15.8 Å². The first-order valence-electron chi connectivity index (χ1n) is 7.06. The number of sulfonamides is 1. The lowest BCUT2D eigenvalue weighted by atomic mass is 10.0. The number of ether oxygens (including phenoxy) is 1. The van der Waals surface area contributed by atoms with Crippen molar-refractivity contribution in [1.82, 2.24) is 4.31 Å². The molecule has 2 unspecified atom stereocenters. The van der Waals surface area contributed by atoms with E-state index in [0.717, 1.165) is 18.9 Å². The number of halogens is 1. The molecule has 2 atom stereocenters. The third kappa shape index (κ3) is 2.38. The number of nitrogens with two attached hydrogens (primary N) is 1. The molecule has 1 aliphatic heterocycles. The van der Waals surface area contributed by atoms with Gasteiger partial charge in [0.15, 0.2) is 11.6 Å². The van der Waals surface area contributed by atoms with Crippen LogP contribution in [0.15, 0.2) is 17.0 Å². The van der Waals surface area contributed by atoms with Crippen molar-refractivity contribution >= 4 is 15.7 Å². The average molecular weight is 314 g/mol. The zero-order valence-electron chi connectivity index (χ0n) is 11.9. The summed E-state index contributed by atoms with van der Waals surface area (Å²) in [4.78, 5) is -0.0988. The molecule has 3 rings (SSSR count). The van der Waals surface area contributed by atoms with Crippen LogP contribution >= 0.6 is 0 Å². The van der Waals surface area contributed by atoms with Gasteiger partial charge in [-0.2, -0.15) is 4.31 Å². The van der Waals surface area contributed by atoms with Gasteiger partial charge < -0.3 is 10.5 Å². The van der Waals surface area contributed by atoms with Crippen molar-refractivity contribution in [1.29, 1.82) is 0 Å². The Balaban J connectivity index is 1.92. The summed E-state index contributed by atoms with van der Waals surface area (Å²) in [6, 6.07) is 2.25. The summed E-state index contributed by atoms with van der Waals surface area (Å²) in [7, 11) is -2.40. The molecule has 0 bridgehead atoms. The Bertz CT molecular complexity index is 627. The molecule has 21 heavy (non-hydrogen) atoms. The van der Waals surface area contributed by atoms with E-state index in [2.05, 4.69) is 0 Å². The fraction of sp³-hybridized carbons (Fsp3) is 0.571. The number of benzene rings is 1. The molecular formula is C14H19FN2O3S. The van der Waals surface area contributed by atoms with Crippen molar-refractivity contribution < 1.29 is 17.5 Å². The molecule has 7 heteroatoms. The van der Waals surface area contributed by atoms with Gasteiger partial charge in [0, 0.05) is 13.1 Å². The molecule has 0 aromatic heterocycles. The first-order chi connectivity index (χ1) is 9.93. The average Bonchev–Trinajstić information content (AvgIpc) is 2.99. The highest BCUT2D eigenvalue weighted by Gasteiger charge is 2.41. The summed E-state index contributed by atoms with van der Waals surface area (Å²) < 4.78 is 45.4. The summed E-state index contributed by atoms with van der Waals surface area (Å²) in [6.07, 6.45) is 3.33. The van der Waals surface area contributed by atoms with Crippen LogP contribution in [0.2, 0.25) is 0 Å². The monoisotopic (exact) mass is 314 g/mol. The van der Waals surface area contributed by atoms with Crippen LogP contribution in [0, 0.1) is 17.7 Å². The van der Waals surface area contributed by atoms with Crippen LogP contribution in [0.4, 0.5) is 10.1 Å². The van der Waals surface area contributed by atoms with E-state index in [0.29, 0.717) is 24.9 Å². The number of hydrogen-bond donors (Lipinski definition) is 1. The highest BCUT2D eigenvalue weighted by Crippen LogP contribution is 2.40. The molecule has 0 radical (unpaired) electrons. The van der Waals surface area contributed by atoms with Crippen molar-refractivity contribution in [3.63, 3.8) is 0 Å². The number of hydrogen-bond acceptors (Lipinski definition) is 4. The maximum Gasteiger partial charge on any atom is 0.243 e. The second-order valence-corrected chi connectivity index (χ2v) is 7.74. The second-order valence-electron chi connectivity index (χ2n) is 5.80. The molecule has 5 nitrogen and oxygen atoms in total. The summed E-state index contributed by atoms with van der Waals surface area (Å²) in [5.41, 5.74) is 5.67. The van der Waals surface area contributed by atoms with Crippen LogP contribution in [0.1, 0.15) is 19.3 Å². The Labute approximate surface area is 123 Å². The van der Waals surface area contributed by atoms with Gasteiger partial charge in [0.2, 0.25) is 10.0 Å². The largest absolute Gasteiger partial charge is 0.492 e. The maximum atomic E-state index is 13.9. The number of nitrogens with zero attached hydrogens (tertiary/aromatic N) is 1. The van der Waals surface area contributed by atoms with Crippen LogP contribution in [0.5, 0.6) is 5.75 Å². The zero-order chi connectivity index (χ0) is 15.2. The van der Waals surface area contributed by atoms with Crippen molar-refractivity contribution in [2.75, 3.05) is 25.9 Å². The molecule has 1 heterocycles. The molecule has 1 aromatic carbocycles. The summed E-state index contributed by atoms with van der Waals surface area (Å²) >= 11 is 0. The quantitative estimate of drug-likeness (QED) is 0.864. The molecule has 1 saturated heterocycles. The van der Waals surface area contributed by atoms with Gasteiger partial charge in [0.05, 0.1) is 17.7 Å². The van der Waals surface area contributed by atoms with E-state index in [1.165, 1.54) is 23.9 Å². The zero-order valence-corrected chi connectivity index (χ0v) is 12.7. The van der Waals surface area contributed by atoms with E-state index >= 15 is 0 Å². The molecule has 0 spiro atoms. The van der Waals surface area contributed by atoms with Crippen molar-refractivity contribution in [3.8, 4) is 5.75 Å². The fourth-order valence-electron chi connectivity index (χ4n) is 3.49. The minimum atomic E-state index is -3.69. The van der Waals surface area contributed by atoms with Crippen molar-refractivity contribution in [2.24, 2.45) is 11.8 Å². The minimum absolute atomic E-state index is 0.00420. The van der Waals surface area contributed by atoms with E-state index in [9.17, 15) is 12.8 Å². The van der Waals surface area contributed by atoms with Crippen LogP contribution in [0.3, 0.4) is 0 Å². The predicted molar refractivity (Wildman–Crippen MR) is 77.0 cm³/mol.